The molecule has 3 N–H and O–H groups in total. The number of carbonyl (C=O) groups is 2. The molecule has 0 spiro atoms. The second-order valence-corrected chi connectivity index (χ2v) is 4.61. The summed E-state index contributed by atoms with van der Waals surface area (Å²) in [5, 5.41) is 8.21. The predicted octanol–water partition coefficient (Wildman–Crippen LogP) is 0.313. The number of hydrogen-bond donors (Lipinski definition) is 3. The van der Waals surface area contributed by atoms with Crippen molar-refractivity contribution in [3.8, 4) is 0 Å². The third-order valence-electron chi connectivity index (χ3n) is 2.82. The van der Waals surface area contributed by atoms with Crippen LogP contribution in [0.2, 0.25) is 0 Å². The van der Waals surface area contributed by atoms with Gasteiger partial charge in [0.2, 0.25) is 5.91 Å². The molecule has 0 saturated carbocycles. The topological polar surface area (TPSA) is 92.4 Å². The lowest BCUT2D eigenvalue weighted by Crippen LogP contribution is -2.45. The zero-order valence-electron chi connectivity index (χ0n) is 12.8. The molecular formula is C14H22N4O3. The van der Waals surface area contributed by atoms with Crippen LogP contribution in [0.5, 0.6) is 0 Å². The maximum atomic E-state index is 12.1. The molecule has 21 heavy (non-hydrogen) atoms. The Morgan fingerprint density at radius 1 is 1.38 bits per heavy atom. The highest BCUT2D eigenvalue weighted by Crippen LogP contribution is 2.09. The molecule has 2 amide bonds. The molecule has 7 heteroatoms. The van der Waals surface area contributed by atoms with Crippen LogP contribution in [0, 0.1) is 6.92 Å². The molecule has 0 aromatic carbocycles. The van der Waals surface area contributed by atoms with Crippen LogP contribution in [0.1, 0.15) is 23.0 Å². The molecular weight excluding hydrogens is 272 g/mol. The van der Waals surface area contributed by atoms with E-state index < -0.39 is 6.04 Å². The summed E-state index contributed by atoms with van der Waals surface area (Å²) >= 11 is 0. The summed E-state index contributed by atoms with van der Waals surface area (Å²) in [5.74, 6) is 0.0451. The SMILES string of the molecule is CNc1cc(C(=O)NC(C)C(=O)NCCOC)cc(C)n1. The molecule has 0 saturated heterocycles. The third-order valence-corrected chi connectivity index (χ3v) is 2.82. The Kier molecular flexibility index (Phi) is 6.61. The number of pyridine rings is 1. The molecule has 1 heterocycles. The molecule has 0 bridgehead atoms. The molecule has 0 radical (unpaired) electrons. The van der Waals surface area contributed by atoms with Crippen molar-refractivity contribution in [2.75, 3.05) is 32.6 Å². The number of aromatic nitrogens is 1. The maximum Gasteiger partial charge on any atom is 0.252 e. The minimum atomic E-state index is -0.624. The zero-order valence-corrected chi connectivity index (χ0v) is 12.8. The van der Waals surface area contributed by atoms with Crippen molar-refractivity contribution in [3.05, 3.63) is 23.4 Å². The molecule has 1 aromatic heterocycles. The van der Waals surface area contributed by atoms with Crippen LogP contribution < -0.4 is 16.0 Å². The van der Waals surface area contributed by atoms with Crippen LogP contribution in [0.15, 0.2) is 12.1 Å². The van der Waals surface area contributed by atoms with Crippen molar-refractivity contribution >= 4 is 17.6 Å². The Hall–Kier alpha value is -2.15. The first-order chi connectivity index (χ1) is 9.97. The van der Waals surface area contributed by atoms with E-state index in [1.54, 1.807) is 40.1 Å². The van der Waals surface area contributed by atoms with E-state index in [2.05, 4.69) is 20.9 Å². The van der Waals surface area contributed by atoms with Gasteiger partial charge in [-0.3, -0.25) is 9.59 Å². The molecule has 0 aliphatic heterocycles. The van der Waals surface area contributed by atoms with Crippen LogP contribution in [0.25, 0.3) is 0 Å². The van der Waals surface area contributed by atoms with Gasteiger partial charge in [-0.05, 0) is 26.0 Å². The van der Waals surface area contributed by atoms with Crippen LogP contribution >= 0.6 is 0 Å². The monoisotopic (exact) mass is 294 g/mol. The van der Waals surface area contributed by atoms with Gasteiger partial charge in [0.1, 0.15) is 11.9 Å². The van der Waals surface area contributed by atoms with E-state index in [4.69, 9.17) is 4.74 Å². The highest BCUT2D eigenvalue weighted by atomic mass is 16.5. The molecule has 1 aromatic rings. The lowest BCUT2D eigenvalue weighted by atomic mass is 10.2. The highest BCUT2D eigenvalue weighted by Gasteiger charge is 2.16. The molecule has 0 aliphatic carbocycles. The molecule has 116 valence electrons. The lowest BCUT2D eigenvalue weighted by molar-refractivity contribution is -0.122. The average Bonchev–Trinajstić information content (AvgIpc) is 2.46. The van der Waals surface area contributed by atoms with Crippen LogP contribution in [-0.2, 0) is 9.53 Å². The molecule has 1 atom stereocenters. The van der Waals surface area contributed by atoms with Gasteiger partial charge in [0.15, 0.2) is 0 Å². The number of nitrogens with one attached hydrogen (secondary N) is 3. The number of amides is 2. The highest BCUT2D eigenvalue weighted by molar-refractivity contribution is 5.98. The van der Waals surface area contributed by atoms with E-state index >= 15 is 0 Å². The van der Waals surface area contributed by atoms with E-state index in [9.17, 15) is 9.59 Å². The Bertz CT molecular complexity index is 505. The number of nitrogens with zero attached hydrogens (tertiary/aromatic N) is 1. The number of methoxy groups -OCH3 is 1. The number of anilines is 1. The van der Waals surface area contributed by atoms with E-state index in [-0.39, 0.29) is 11.8 Å². The average molecular weight is 294 g/mol. The van der Waals surface area contributed by atoms with E-state index in [0.717, 1.165) is 5.69 Å². The second kappa shape index (κ2) is 8.21. The second-order valence-electron chi connectivity index (χ2n) is 4.61. The van der Waals surface area contributed by atoms with Crippen LogP contribution in [0.3, 0.4) is 0 Å². The predicted molar refractivity (Wildman–Crippen MR) is 80.3 cm³/mol. The zero-order chi connectivity index (χ0) is 15.8. The fourth-order valence-corrected chi connectivity index (χ4v) is 1.70. The molecule has 7 nitrogen and oxygen atoms in total. The third kappa shape index (κ3) is 5.39. The summed E-state index contributed by atoms with van der Waals surface area (Å²) in [7, 11) is 3.29. The first-order valence-corrected chi connectivity index (χ1v) is 6.72. The van der Waals surface area contributed by atoms with Crippen LogP contribution in [0.4, 0.5) is 5.82 Å². The van der Waals surface area contributed by atoms with Gasteiger partial charge in [0.25, 0.3) is 5.91 Å². The summed E-state index contributed by atoms with van der Waals surface area (Å²) < 4.78 is 4.85. The lowest BCUT2D eigenvalue weighted by Gasteiger charge is -2.14. The number of hydrogen-bond acceptors (Lipinski definition) is 5. The van der Waals surface area contributed by atoms with Gasteiger partial charge in [-0.1, -0.05) is 0 Å². The number of rotatable bonds is 7. The first kappa shape index (κ1) is 16.9. The molecule has 0 aliphatic rings. The van der Waals surface area contributed by atoms with Gasteiger partial charge >= 0.3 is 0 Å². The number of carbonyl (C=O) groups excluding carboxylic acids is 2. The van der Waals surface area contributed by atoms with Crippen LogP contribution in [-0.4, -0.2) is 50.1 Å². The number of ether oxygens (including phenoxy) is 1. The van der Waals surface area contributed by atoms with E-state index in [1.165, 1.54) is 0 Å². The Morgan fingerprint density at radius 2 is 2.10 bits per heavy atom. The van der Waals surface area contributed by atoms with Gasteiger partial charge in [0.05, 0.1) is 6.61 Å². The standard InChI is InChI=1S/C14H22N4O3/c1-9-7-11(8-12(15-3)17-9)14(20)18-10(2)13(19)16-5-6-21-4/h7-8,10H,5-6H2,1-4H3,(H,15,17)(H,16,19)(H,18,20). The molecule has 1 unspecified atom stereocenters. The summed E-state index contributed by atoms with van der Waals surface area (Å²) in [6.07, 6.45) is 0. The number of aryl methyl sites for hydroxylation is 1. The van der Waals surface area contributed by atoms with Crippen molar-refractivity contribution in [1.29, 1.82) is 0 Å². The smallest absolute Gasteiger partial charge is 0.252 e. The van der Waals surface area contributed by atoms with Gasteiger partial charge < -0.3 is 20.7 Å². The maximum absolute atomic E-state index is 12.1. The van der Waals surface area contributed by atoms with Crippen molar-refractivity contribution < 1.29 is 14.3 Å². The Labute approximate surface area is 124 Å². The van der Waals surface area contributed by atoms with Gasteiger partial charge in [-0.15, -0.1) is 0 Å². The normalized spacial score (nSPS) is 11.6. The summed E-state index contributed by atoms with van der Waals surface area (Å²) in [6.45, 7) is 4.28. The summed E-state index contributed by atoms with van der Waals surface area (Å²) in [4.78, 5) is 28.1. The fraction of sp³-hybridized carbons (Fsp3) is 0.500. The molecule has 0 fully saturated rings. The van der Waals surface area contributed by atoms with Gasteiger partial charge in [-0.2, -0.15) is 0 Å². The minimum Gasteiger partial charge on any atom is -0.383 e. The largest absolute Gasteiger partial charge is 0.383 e. The summed E-state index contributed by atoms with van der Waals surface area (Å²) in [6, 6.07) is 2.68. The van der Waals surface area contributed by atoms with Crippen molar-refractivity contribution in [3.63, 3.8) is 0 Å². The van der Waals surface area contributed by atoms with Crippen molar-refractivity contribution in [2.45, 2.75) is 19.9 Å². The van der Waals surface area contributed by atoms with Gasteiger partial charge in [0, 0.05) is 32.0 Å². The van der Waals surface area contributed by atoms with Gasteiger partial charge in [-0.25, -0.2) is 4.98 Å². The van der Waals surface area contributed by atoms with Crippen molar-refractivity contribution in [1.82, 2.24) is 15.6 Å². The molecule has 1 rings (SSSR count). The van der Waals surface area contributed by atoms with E-state index in [0.29, 0.717) is 24.5 Å². The fourth-order valence-electron chi connectivity index (χ4n) is 1.70. The summed E-state index contributed by atoms with van der Waals surface area (Å²) in [5.41, 5.74) is 1.19. The van der Waals surface area contributed by atoms with Crippen molar-refractivity contribution in [2.24, 2.45) is 0 Å². The Morgan fingerprint density at radius 3 is 2.71 bits per heavy atom. The quantitative estimate of drug-likeness (QED) is 0.630. The van der Waals surface area contributed by atoms with E-state index in [1.807, 2.05) is 0 Å². The minimum absolute atomic E-state index is 0.250. The Balaban J connectivity index is 2.63. The first-order valence-electron chi connectivity index (χ1n) is 6.72.